The van der Waals surface area contributed by atoms with Crippen LogP contribution < -0.4 is 5.32 Å². The van der Waals surface area contributed by atoms with E-state index in [2.05, 4.69) is 26.2 Å². The van der Waals surface area contributed by atoms with Gasteiger partial charge in [0, 0.05) is 35.6 Å². The van der Waals surface area contributed by atoms with E-state index in [1.165, 1.54) is 0 Å². The molecule has 0 fully saturated rings. The van der Waals surface area contributed by atoms with Crippen LogP contribution in [0.1, 0.15) is 28.2 Å². The lowest BCUT2D eigenvalue weighted by molar-refractivity contribution is 0.163. The molecule has 6 nitrogen and oxygen atoms in total. The molecule has 0 saturated heterocycles. The Bertz CT molecular complexity index is 1770. The highest BCUT2D eigenvalue weighted by atomic mass is 35.5. The van der Waals surface area contributed by atoms with E-state index in [9.17, 15) is 4.79 Å². The molecule has 1 atom stereocenters. The Kier molecular flexibility index (Phi) is 6.70. The third-order valence-corrected chi connectivity index (χ3v) is 7.86. The first-order valence-electron chi connectivity index (χ1n) is 12.5. The number of pyridine rings is 1. The van der Waals surface area contributed by atoms with Crippen molar-refractivity contribution in [3.8, 4) is 11.1 Å². The van der Waals surface area contributed by atoms with Crippen LogP contribution in [0.3, 0.4) is 0 Å². The highest BCUT2D eigenvalue weighted by Crippen LogP contribution is 2.48. The molecule has 0 saturated carbocycles. The van der Waals surface area contributed by atoms with Crippen molar-refractivity contribution >= 4 is 51.7 Å². The fourth-order valence-corrected chi connectivity index (χ4v) is 5.61. The van der Waals surface area contributed by atoms with Crippen molar-refractivity contribution in [1.82, 2.24) is 9.97 Å². The molecule has 5 aromatic rings. The summed E-state index contributed by atoms with van der Waals surface area (Å²) in [6, 6.07) is 21.6. The van der Waals surface area contributed by atoms with Crippen molar-refractivity contribution in [3.63, 3.8) is 0 Å². The van der Waals surface area contributed by atoms with Crippen molar-refractivity contribution in [2.24, 2.45) is 0 Å². The summed E-state index contributed by atoms with van der Waals surface area (Å²) in [6.45, 7) is 8.14. The van der Waals surface area contributed by atoms with E-state index >= 15 is 0 Å². The van der Waals surface area contributed by atoms with Crippen LogP contribution in [0.4, 0.5) is 16.3 Å². The number of nitrogens with one attached hydrogen (secondary N) is 2. The van der Waals surface area contributed by atoms with E-state index < -0.39 is 6.09 Å². The summed E-state index contributed by atoms with van der Waals surface area (Å²) in [5, 5.41) is 4.80. The minimum Gasteiger partial charge on any atom is -0.449 e. The van der Waals surface area contributed by atoms with E-state index in [1.54, 1.807) is 12.3 Å². The minimum absolute atomic E-state index is 0.0251. The monoisotopic (exact) mass is 552 g/mol. The summed E-state index contributed by atoms with van der Waals surface area (Å²) in [4.78, 5) is 24.1. The number of aromatic amines is 1. The molecular formula is C31H22Cl2N4O2. The summed E-state index contributed by atoms with van der Waals surface area (Å²) in [6.07, 6.45) is 4.21. The topological polar surface area (TPSA) is 71.4 Å². The van der Waals surface area contributed by atoms with Gasteiger partial charge in [-0.15, -0.1) is 0 Å². The number of carbonyl (C=O) groups excluding carboxylic acids is 1. The number of halogens is 2. The number of amides is 1. The first kappa shape index (κ1) is 25.0. The molecule has 0 bridgehead atoms. The zero-order valence-corrected chi connectivity index (χ0v) is 22.2. The number of fused-ring (bicyclic) bond motifs is 4. The van der Waals surface area contributed by atoms with E-state index in [0.29, 0.717) is 28.6 Å². The lowest BCUT2D eigenvalue weighted by Gasteiger charge is -2.29. The quantitative estimate of drug-likeness (QED) is 0.214. The second-order valence-corrected chi connectivity index (χ2v) is 10.2. The van der Waals surface area contributed by atoms with Gasteiger partial charge in [-0.05, 0) is 58.0 Å². The standard InChI is InChI=1S/C31H22Cl2N4O2/c1-34-29-28-20(14-24(22-7-2-3-8-23(22)28)18-10-11-25(32)26(33)15-18)17-36-30(29)37-31(38)39-13-12-19-16-35-27-9-5-4-6-21(19)27/h2-11,15-17,24,35H,12-14H2,(H,36,37,38). The minimum atomic E-state index is -0.648. The number of anilines is 1. The number of H-pyrrole nitrogens is 1. The van der Waals surface area contributed by atoms with Crippen molar-refractivity contribution < 1.29 is 9.53 Å². The molecule has 0 aliphatic heterocycles. The third kappa shape index (κ3) is 4.72. The number of rotatable bonds is 5. The lowest BCUT2D eigenvalue weighted by atomic mass is 9.76. The zero-order valence-electron chi connectivity index (χ0n) is 20.7. The maximum absolute atomic E-state index is 12.7. The Morgan fingerprint density at radius 1 is 1.10 bits per heavy atom. The van der Waals surface area contributed by atoms with Crippen LogP contribution in [0.2, 0.25) is 10.0 Å². The van der Waals surface area contributed by atoms with E-state index in [-0.39, 0.29) is 18.3 Å². The highest BCUT2D eigenvalue weighted by molar-refractivity contribution is 6.42. The van der Waals surface area contributed by atoms with Crippen LogP contribution in [0.25, 0.3) is 26.9 Å². The summed E-state index contributed by atoms with van der Waals surface area (Å²) in [7, 11) is 0. The Hall–Kier alpha value is -4.31. The van der Waals surface area contributed by atoms with Crippen LogP contribution in [0, 0.1) is 6.57 Å². The predicted octanol–water partition coefficient (Wildman–Crippen LogP) is 8.57. The van der Waals surface area contributed by atoms with Gasteiger partial charge in [0.1, 0.15) is 5.82 Å². The van der Waals surface area contributed by atoms with Gasteiger partial charge >= 0.3 is 6.09 Å². The number of benzene rings is 3. The Labute approximate surface area is 235 Å². The van der Waals surface area contributed by atoms with E-state index in [0.717, 1.165) is 44.3 Å². The van der Waals surface area contributed by atoms with E-state index in [4.69, 9.17) is 34.5 Å². The van der Waals surface area contributed by atoms with Gasteiger partial charge in [0.15, 0.2) is 0 Å². The van der Waals surface area contributed by atoms with Gasteiger partial charge in [-0.1, -0.05) is 71.7 Å². The summed E-state index contributed by atoms with van der Waals surface area (Å²) in [5.74, 6) is 0.209. The molecule has 8 heteroatoms. The highest BCUT2D eigenvalue weighted by Gasteiger charge is 2.30. The maximum Gasteiger partial charge on any atom is 0.411 e. The summed E-state index contributed by atoms with van der Waals surface area (Å²) < 4.78 is 5.45. The summed E-state index contributed by atoms with van der Waals surface area (Å²) >= 11 is 12.5. The second-order valence-electron chi connectivity index (χ2n) is 9.36. The van der Waals surface area contributed by atoms with Crippen molar-refractivity contribution in [3.05, 3.63) is 123 Å². The van der Waals surface area contributed by atoms with Crippen LogP contribution in [0.15, 0.2) is 79.1 Å². The summed E-state index contributed by atoms with van der Waals surface area (Å²) in [5.41, 5.74) is 7.15. The SMILES string of the molecule is [C-]#[N+]c1c(NC(=O)OCCc2c[nH]c3ccccc23)ncc2c1-c1ccccc1C(c1ccc(Cl)c(Cl)c1)C2. The van der Waals surface area contributed by atoms with Crippen LogP contribution in [0.5, 0.6) is 0 Å². The first-order chi connectivity index (χ1) is 19.0. The maximum atomic E-state index is 12.7. The van der Waals surface area contributed by atoms with Gasteiger partial charge < -0.3 is 9.72 Å². The van der Waals surface area contributed by atoms with Crippen molar-refractivity contribution in [2.75, 3.05) is 11.9 Å². The van der Waals surface area contributed by atoms with Crippen LogP contribution in [-0.4, -0.2) is 22.7 Å². The number of carbonyl (C=O) groups is 1. The van der Waals surface area contributed by atoms with Gasteiger partial charge in [0.05, 0.1) is 23.2 Å². The predicted molar refractivity (Wildman–Crippen MR) is 155 cm³/mol. The van der Waals surface area contributed by atoms with Gasteiger partial charge in [-0.25, -0.2) is 9.64 Å². The molecule has 39 heavy (non-hydrogen) atoms. The Morgan fingerprint density at radius 2 is 1.92 bits per heavy atom. The zero-order chi connectivity index (χ0) is 26.9. The fourth-order valence-electron chi connectivity index (χ4n) is 5.30. The van der Waals surface area contributed by atoms with Gasteiger partial charge in [-0.3, -0.25) is 10.3 Å². The number of hydrogen-bond acceptors (Lipinski definition) is 3. The molecule has 1 unspecified atom stereocenters. The molecule has 0 radical (unpaired) electrons. The third-order valence-electron chi connectivity index (χ3n) is 7.12. The van der Waals surface area contributed by atoms with Crippen LogP contribution in [-0.2, 0) is 17.6 Å². The average molecular weight is 553 g/mol. The first-order valence-corrected chi connectivity index (χ1v) is 13.2. The molecule has 1 aliphatic rings. The smallest absolute Gasteiger partial charge is 0.411 e. The van der Waals surface area contributed by atoms with Crippen LogP contribution >= 0.6 is 23.2 Å². The number of aromatic nitrogens is 2. The lowest BCUT2D eigenvalue weighted by Crippen LogP contribution is -2.18. The Morgan fingerprint density at radius 3 is 2.77 bits per heavy atom. The van der Waals surface area contributed by atoms with Crippen molar-refractivity contribution in [2.45, 2.75) is 18.8 Å². The molecule has 6 rings (SSSR count). The van der Waals surface area contributed by atoms with Gasteiger partial charge in [-0.2, -0.15) is 0 Å². The molecule has 1 amide bonds. The molecular weight excluding hydrogens is 531 g/mol. The molecule has 2 aromatic heterocycles. The fraction of sp³-hybridized carbons (Fsp3) is 0.129. The van der Waals surface area contributed by atoms with Crippen molar-refractivity contribution in [1.29, 1.82) is 0 Å². The van der Waals surface area contributed by atoms with E-state index in [1.807, 2.05) is 60.8 Å². The molecule has 1 aliphatic carbocycles. The normalized spacial score (nSPS) is 13.8. The molecule has 2 heterocycles. The van der Waals surface area contributed by atoms with Gasteiger partial charge in [0.2, 0.25) is 5.69 Å². The molecule has 2 N–H and O–H groups in total. The Balaban J connectivity index is 1.24. The number of ether oxygens (including phenoxy) is 1. The second kappa shape index (κ2) is 10.5. The average Bonchev–Trinajstić information content (AvgIpc) is 3.37. The van der Waals surface area contributed by atoms with Gasteiger partial charge in [0.25, 0.3) is 0 Å². The molecule has 3 aromatic carbocycles. The molecule has 0 spiro atoms. The largest absolute Gasteiger partial charge is 0.449 e. The molecule has 192 valence electrons. The number of para-hydroxylation sites is 1. The number of hydrogen-bond donors (Lipinski definition) is 2. The number of nitrogens with zero attached hydrogens (tertiary/aromatic N) is 2.